The van der Waals surface area contributed by atoms with Crippen molar-refractivity contribution in [3.8, 4) is 0 Å². The van der Waals surface area contributed by atoms with E-state index in [9.17, 15) is 39.0 Å². The summed E-state index contributed by atoms with van der Waals surface area (Å²) in [6.07, 6.45) is 8.46. The summed E-state index contributed by atoms with van der Waals surface area (Å²) in [6, 6.07) is -0.472. The number of amides is 1. The summed E-state index contributed by atoms with van der Waals surface area (Å²) in [6.45, 7) is 15.4. The number of ether oxygens (including phenoxy) is 5. The molecule has 1 heterocycles. The standard InChI is InChI=1S/C48H78N2O13/c1-10-12-13-19-22-26-37(53)60-41-39-38(32(6)40(41)61-44(55)31(5)11-2)42-48(58,47(9,57)45(56)62-42)35(29-46(39,8)63-33(7)51)59-36(52)25-23-20-17-15-14-16-18-21-24-27-50-43(54)34(49)28-30(3)4/h11,30,34-35,39-42,57-58H,10,12-29,49H2,1-9H3,(H,50,54)/b31-11-/t34-,35-,39+,40-,41-,42-,46-,47+,48+/m0/s1. The van der Waals surface area contributed by atoms with Gasteiger partial charge in [0.1, 0.15) is 11.7 Å². The van der Waals surface area contributed by atoms with Crippen LogP contribution in [-0.4, -0.2) is 99.8 Å². The molecule has 5 N–H and O–H groups in total. The Morgan fingerprint density at radius 1 is 0.857 bits per heavy atom. The maximum Gasteiger partial charge on any atom is 0.341 e. The second kappa shape index (κ2) is 24.5. The van der Waals surface area contributed by atoms with Gasteiger partial charge >= 0.3 is 29.8 Å². The monoisotopic (exact) mass is 891 g/mol. The number of allylic oxidation sites excluding steroid dienone is 1. The molecule has 2 fully saturated rings. The van der Waals surface area contributed by atoms with Crippen LogP contribution >= 0.6 is 0 Å². The quantitative estimate of drug-likeness (QED) is 0.0239. The first-order valence-electron chi connectivity index (χ1n) is 23.5. The molecule has 0 aromatic heterocycles. The molecule has 9 atom stereocenters. The van der Waals surface area contributed by atoms with Crippen molar-refractivity contribution in [2.75, 3.05) is 6.54 Å². The van der Waals surface area contributed by atoms with Gasteiger partial charge in [0, 0.05) is 38.3 Å². The van der Waals surface area contributed by atoms with Crippen LogP contribution in [0, 0.1) is 11.8 Å². The number of rotatable bonds is 26. The van der Waals surface area contributed by atoms with E-state index in [4.69, 9.17) is 29.4 Å². The highest BCUT2D eigenvalue weighted by Crippen LogP contribution is 2.57. The molecule has 0 aromatic rings. The summed E-state index contributed by atoms with van der Waals surface area (Å²) in [7, 11) is 0. The minimum absolute atomic E-state index is 0.0169. The third-order valence-corrected chi connectivity index (χ3v) is 13.0. The van der Waals surface area contributed by atoms with Crippen molar-refractivity contribution in [2.45, 2.75) is 225 Å². The molecule has 358 valence electrons. The van der Waals surface area contributed by atoms with Gasteiger partial charge < -0.3 is 44.9 Å². The van der Waals surface area contributed by atoms with Gasteiger partial charge in [-0.2, -0.15) is 0 Å². The Kier molecular flexibility index (Phi) is 20.8. The van der Waals surface area contributed by atoms with Crippen molar-refractivity contribution in [3.63, 3.8) is 0 Å². The third-order valence-electron chi connectivity index (χ3n) is 13.0. The maximum atomic E-state index is 13.6. The Balaban J connectivity index is 1.76. The average molecular weight is 891 g/mol. The van der Waals surface area contributed by atoms with E-state index >= 15 is 0 Å². The predicted molar refractivity (Wildman–Crippen MR) is 235 cm³/mol. The number of esters is 5. The van der Waals surface area contributed by atoms with Crippen LogP contribution in [0.5, 0.6) is 0 Å². The van der Waals surface area contributed by atoms with E-state index < -0.39 is 89.4 Å². The van der Waals surface area contributed by atoms with Gasteiger partial charge in [0.2, 0.25) is 5.91 Å². The number of unbranched alkanes of at least 4 members (excludes halogenated alkanes) is 12. The molecule has 0 bridgehead atoms. The van der Waals surface area contributed by atoms with Crippen molar-refractivity contribution < 1.29 is 62.7 Å². The zero-order valence-electron chi connectivity index (χ0n) is 39.5. The van der Waals surface area contributed by atoms with Crippen molar-refractivity contribution in [1.29, 1.82) is 0 Å². The SMILES string of the molecule is C/C=C(/C)C(=O)O[C@H]1C(C)=C2[C@H]([C@@H]1OC(=O)CCCCCCC)[C@@](C)(OC(C)=O)C[C@H](OC(=O)CCCCCCCCCCCNC(=O)[C@@H](N)CC(C)C)[C@@]1(O)[C@H]2OC(=O)[C@@]1(C)O. The van der Waals surface area contributed by atoms with Crippen molar-refractivity contribution in [1.82, 2.24) is 5.32 Å². The number of nitrogens with two attached hydrogens (primary N) is 1. The number of carbonyl (C=O) groups excluding carboxylic acids is 6. The molecule has 3 aliphatic rings. The summed E-state index contributed by atoms with van der Waals surface area (Å²) in [5.41, 5.74) is -0.317. The fourth-order valence-corrected chi connectivity index (χ4v) is 9.28. The van der Waals surface area contributed by atoms with E-state index in [1.54, 1.807) is 33.8 Å². The lowest BCUT2D eigenvalue weighted by Crippen LogP contribution is -2.64. The summed E-state index contributed by atoms with van der Waals surface area (Å²) >= 11 is 0. The Labute approximate surface area is 375 Å². The van der Waals surface area contributed by atoms with Crippen molar-refractivity contribution in [3.05, 3.63) is 22.8 Å². The van der Waals surface area contributed by atoms with Gasteiger partial charge in [0.15, 0.2) is 29.5 Å². The number of aliphatic hydroxyl groups is 2. The molecule has 0 radical (unpaired) electrons. The summed E-state index contributed by atoms with van der Waals surface area (Å²) in [5, 5.41) is 27.4. The largest absolute Gasteiger partial charge is 0.459 e. The van der Waals surface area contributed by atoms with Crippen LogP contribution in [0.25, 0.3) is 0 Å². The summed E-state index contributed by atoms with van der Waals surface area (Å²) in [4.78, 5) is 78.9. The van der Waals surface area contributed by atoms with Gasteiger partial charge in [-0.3, -0.25) is 19.2 Å². The minimum Gasteiger partial charge on any atom is -0.459 e. The number of carbonyl (C=O) groups is 6. The molecular formula is C48H78N2O13. The summed E-state index contributed by atoms with van der Waals surface area (Å²) in [5.74, 6) is -4.80. The van der Waals surface area contributed by atoms with E-state index in [1.165, 1.54) is 6.92 Å². The minimum atomic E-state index is -2.61. The average Bonchev–Trinajstić information content (AvgIpc) is 3.54. The van der Waals surface area contributed by atoms with E-state index in [0.717, 1.165) is 84.0 Å². The Hall–Kier alpha value is -3.82. The molecule has 0 unspecified atom stereocenters. The lowest BCUT2D eigenvalue weighted by molar-refractivity contribution is -0.212. The van der Waals surface area contributed by atoms with E-state index in [0.29, 0.717) is 31.7 Å². The van der Waals surface area contributed by atoms with Gasteiger partial charge in [0.05, 0.1) is 12.0 Å². The topological polar surface area (TPSA) is 227 Å². The first kappa shape index (κ1) is 53.5. The summed E-state index contributed by atoms with van der Waals surface area (Å²) < 4.78 is 30.0. The molecule has 1 aliphatic heterocycles. The fraction of sp³-hybridized carbons (Fsp3) is 0.792. The van der Waals surface area contributed by atoms with Crippen LogP contribution in [0.4, 0.5) is 0 Å². The van der Waals surface area contributed by atoms with Crippen LogP contribution in [0.1, 0.15) is 178 Å². The fourth-order valence-electron chi connectivity index (χ4n) is 9.28. The Morgan fingerprint density at radius 3 is 1.94 bits per heavy atom. The predicted octanol–water partition coefficient (Wildman–Crippen LogP) is 6.52. The highest BCUT2D eigenvalue weighted by atomic mass is 16.6. The molecule has 1 saturated carbocycles. The molecule has 1 amide bonds. The van der Waals surface area contributed by atoms with Gasteiger partial charge in [-0.15, -0.1) is 0 Å². The van der Waals surface area contributed by atoms with Crippen LogP contribution in [0.3, 0.4) is 0 Å². The zero-order chi connectivity index (χ0) is 47.1. The van der Waals surface area contributed by atoms with E-state index in [-0.39, 0.29) is 35.5 Å². The number of hydrogen-bond donors (Lipinski definition) is 4. The molecule has 15 nitrogen and oxygen atoms in total. The molecule has 2 aliphatic carbocycles. The molecule has 0 spiro atoms. The van der Waals surface area contributed by atoms with Gasteiger partial charge in [-0.25, -0.2) is 9.59 Å². The molecule has 1 saturated heterocycles. The van der Waals surface area contributed by atoms with Gasteiger partial charge in [-0.1, -0.05) is 97.5 Å². The zero-order valence-corrected chi connectivity index (χ0v) is 39.5. The van der Waals surface area contributed by atoms with Gasteiger partial charge in [0.25, 0.3) is 0 Å². The van der Waals surface area contributed by atoms with Crippen LogP contribution < -0.4 is 11.1 Å². The molecule has 15 heteroatoms. The van der Waals surface area contributed by atoms with Crippen LogP contribution in [-0.2, 0) is 52.5 Å². The molecule has 63 heavy (non-hydrogen) atoms. The highest BCUT2D eigenvalue weighted by molar-refractivity contribution is 5.88. The first-order valence-corrected chi connectivity index (χ1v) is 23.5. The lowest BCUT2D eigenvalue weighted by atomic mass is 9.75. The highest BCUT2D eigenvalue weighted by Gasteiger charge is 2.76. The lowest BCUT2D eigenvalue weighted by Gasteiger charge is -2.41. The second-order valence-electron chi connectivity index (χ2n) is 18.8. The van der Waals surface area contributed by atoms with Crippen LogP contribution in [0.15, 0.2) is 22.8 Å². The van der Waals surface area contributed by atoms with Crippen LogP contribution in [0.2, 0.25) is 0 Å². The Morgan fingerprint density at radius 2 is 1.40 bits per heavy atom. The number of hydrogen-bond acceptors (Lipinski definition) is 14. The van der Waals surface area contributed by atoms with E-state index in [2.05, 4.69) is 12.2 Å². The maximum absolute atomic E-state index is 13.6. The van der Waals surface area contributed by atoms with Crippen molar-refractivity contribution >= 4 is 35.8 Å². The number of nitrogens with one attached hydrogen (secondary N) is 1. The second-order valence-corrected chi connectivity index (χ2v) is 18.8. The normalized spacial score (nSPS) is 28.4. The molecule has 0 aromatic carbocycles. The number of fused-ring (bicyclic) bond motifs is 3. The van der Waals surface area contributed by atoms with Gasteiger partial charge in [-0.05, 0) is 77.4 Å². The smallest absolute Gasteiger partial charge is 0.341 e. The molecular weight excluding hydrogens is 813 g/mol. The van der Waals surface area contributed by atoms with E-state index in [1.807, 2.05) is 13.8 Å². The van der Waals surface area contributed by atoms with Crippen molar-refractivity contribution in [2.24, 2.45) is 17.6 Å². The molecule has 3 rings (SSSR count). The Bertz CT molecular complexity index is 1660. The first-order chi connectivity index (χ1) is 29.7. The third kappa shape index (κ3) is 13.8.